The summed E-state index contributed by atoms with van der Waals surface area (Å²) in [5.41, 5.74) is 5.35. The second kappa shape index (κ2) is 4.51. The van der Waals surface area contributed by atoms with Crippen LogP contribution in [0.3, 0.4) is 0 Å². The highest BCUT2D eigenvalue weighted by Crippen LogP contribution is 2.30. The van der Waals surface area contributed by atoms with E-state index in [2.05, 4.69) is 10.3 Å². The van der Waals surface area contributed by atoms with E-state index in [1.807, 2.05) is 12.3 Å². The zero-order valence-electron chi connectivity index (χ0n) is 9.40. The first-order valence-corrected chi connectivity index (χ1v) is 6.53. The number of thiazole rings is 1. The molecule has 0 spiro atoms. The molecule has 5 heteroatoms. The average Bonchev–Trinajstić information content (AvgIpc) is 2.75. The summed E-state index contributed by atoms with van der Waals surface area (Å²) in [5, 5.41) is 5.88. The molecule has 0 aliphatic heterocycles. The molecule has 2 rings (SSSR count). The quantitative estimate of drug-likeness (QED) is 0.838. The lowest BCUT2D eigenvalue weighted by Crippen LogP contribution is -2.58. The molecule has 1 aromatic rings. The molecule has 16 heavy (non-hydrogen) atoms. The fourth-order valence-corrected chi connectivity index (χ4v) is 2.60. The third-order valence-corrected chi connectivity index (χ3v) is 4.05. The average molecular weight is 239 g/mol. The predicted octanol–water partition coefficient (Wildman–Crippen LogP) is 1.59. The first kappa shape index (κ1) is 11.5. The Morgan fingerprint density at radius 3 is 2.94 bits per heavy atom. The number of amides is 1. The van der Waals surface area contributed by atoms with E-state index in [1.54, 1.807) is 17.5 Å². The van der Waals surface area contributed by atoms with Crippen LogP contribution in [0.2, 0.25) is 0 Å². The van der Waals surface area contributed by atoms with Crippen molar-refractivity contribution in [2.24, 2.45) is 5.73 Å². The van der Waals surface area contributed by atoms with Crippen LogP contribution in [0.1, 0.15) is 43.7 Å². The normalized spacial score (nSPS) is 19.9. The van der Waals surface area contributed by atoms with Crippen LogP contribution >= 0.6 is 11.3 Å². The Kier molecular flexibility index (Phi) is 3.25. The highest BCUT2D eigenvalue weighted by Gasteiger charge is 2.40. The van der Waals surface area contributed by atoms with Gasteiger partial charge in [-0.2, -0.15) is 0 Å². The predicted molar refractivity (Wildman–Crippen MR) is 64.1 cm³/mol. The van der Waals surface area contributed by atoms with E-state index in [0.29, 0.717) is 0 Å². The van der Waals surface area contributed by atoms with E-state index in [-0.39, 0.29) is 11.9 Å². The third kappa shape index (κ3) is 2.10. The summed E-state index contributed by atoms with van der Waals surface area (Å²) in [6.07, 6.45) is 5.25. The van der Waals surface area contributed by atoms with Gasteiger partial charge in [0, 0.05) is 11.6 Å². The lowest BCUT2D eigenvalue weighted by atomic mass is 9.77. The zero-order chi connectivity index (χ0) is 11.6. The van der Waals surface area contributed by atoms with Gasteiger partial charge < -0.3 is 11.1 Å². The van der Waals surface area contributed by atoms with E-state index in [1.165, 1.54) is 0 Å². The number of carbonyl (C=O) groups excluding carboxylic acids is 1. The smallest absolute Gasteiger partial charge is 0.240 e. The third-order valence-electron chi connectivity index (χ3n) is 3.16. The standard InChI is InChI=1S/C11H17N3OS/c1-2-8(9-13-6-7-16-9)14-10(15)11(12)4-3-5-11/h6-8H,2-5,12H2,1H3,(H,14,15). The molecule has 1 fully saturated rings. The highest BCUT2D eigenvalue weighted by molar-refractivity contribution is 7.09. The molecule has 0 aromatic carbocycles. The fourth-order valence-electron chi connectivity index (χ4n) is 1.83. The van der Waals surface area contributed by atoms with Gasteiger partial charge in [-0.15, -0.1) is 11.3 Å². The minimum atomic E-state index is -0.620. The van der Waals surface area contributed by atoms with Gasteiger partial charge in [-0.3, -0.25) is 4.79 Å². The second-order valence-electron chi connectivity index (χ2n) is 4.31. The van der Waals surface area contributed by atoms with Crippen molar-refractivity contribution in [3.8, 4) is 0 Å². The van der Waals surface area contributed by atoms with Crippen LogP contribution in [-0.2, 0) is 4.79 Å². The highest BCUT2D eigenvalue weighted by atomic mass is 32.1. The van der Waals surface area contributed by atoms with Crippen LogP contribution in [0.4, 0.5) is 0 Å². The van der Waals surface area contributed by atoms with E-state index in [9.17, 15) is 4.79 Å². The summed E-state index contributed by atoms with van der Waals surface area (Å²) < 4.78 is 0. The Hall–Kier alpha value is -0.940. The largest absolute Gasteiger partial charge is 0.345 e. The van der Waals surface area contributed by atoms with Crippen LogP contribution < -0.4 is 11.1 Å². The van der Waals surface area contributed by atoms with Crippen LogP contribution in [-0.4, -0.2) is 16.4 Å². The van der Waals surface area contributed by atoms with Crippen LogP contribution in [0.15, 0.2) is 11.6 Å². The van der Waals surface area contributed by atoms with Crippen LogP contribution in [0.5, 0.6) is 0 Å². The van der Waals surface area contributed by atoms with Gasteiger partial charge in [0.15, 0.2) is 0 Å². The number of aromatic nitrogens is 1. The summed E-state index contributed by atoms with van der Waals surface area (Å²) in [5.74, 6) is -0.0270. The molecule has 0 bridgehead atoms. The summed E-state index contributed by atoms with van der Waals surface area (Å²) in [6.45, 7) is 2.04. The molecule has 1 heterocycles. The molecule has 1 atom stereocenters. The summed E-state index contributed by atoms with van der Waals surface area (Å²) in [7, 11) is 0. The SMILES string of the molecule is CCC(NC(=O)C1(N)CCC1)c1nccs1. The molecule has 0 saturated heterocycles. The van der Waals surface area contributed by atoms with E-state index >= 15 is 0 Å². The number of nitrogens with one attached hydrogen (secondary N) is 1. The molecule has 1 aliphatic carbocycles. The minimum Gasteiger partial charge on any atom is -0.345 e. The molecular weight excluding hydrogens is 222 g/mol. The monoisotopic (exact) mass is 239 g/mol. The van der Waals surface area contributed by atoms with Gasteiger partial charge in [-0.05, 0) is 25.7 Å². The number of nitrogens with two attached hydrogens (primary N) is 1. The Morgan fingerprint density at radius 2 is 2.50 bits per heavy atom. The maximum absolute atomic E-state index is 12.0. The summed E-state index contributed by atoms with van der Waals surface area (Å²) >= 11 is 1.57. The maximum Gasteiger partial charge on any atom is 0.240 e. The van der Waals surface area contributed by atoms with Crippen molar-refractivity contribution < 1.29 is 4.79 Å². The zero-order valence-corrected chi connectivity index (χ0v) is 10.2. The van der Waals surface area contributed by atoms with Crippen molar-refractivity contribution in [3.05, 3.63) is 16.6 Å². The number of rotatable bonds is 4. The van der Waals surface area contributed by atoms with Gasteiger partial charge in [0.2, 0.25) is 5.91 Å². The number of carbonyl (C=O) groups is 1. The number of hydrogen-bond donors (Lipinski definition) is 2. The van der Waals surface area contributed by atoms with Crippen molar-refractivity contribution in [2.75, 3.05) is 0 Å². The molecule has 1 amide bonds. The second-order valence-corrected chi connectivity index (χ2v) is 5.24. The lowest BCUT2D eigenvalue weighted by Gasteiger charge is -2.37. The van der Waals surface area contributed by atoms with Crippen LogP contribution in [0, 0.1) is 0 Å². The number of nitrogens with zero attached hydrogens (tertiary/aromatic N) is 1. The fraction of sp³-hybridized carbons (Fsp3) is 0.636. The Labute approximate surface area is 99.3 Å². The molecule has 1 aliphatic rings. The minimum absolute atomic E-state index is 0.00789. The van der Waals surface area contributed by atoms with E-state index in [0.717, 1.165) is 30.7 Å². The molecule has 0 radical (unpaired) electrons. The lowest BCUT2D eigenvalue weighted by molar-refractivity contribution is -0.130. The van der Waals surface area contributed by atoms with Gasteiger partial charge in [-0.25, -0.2) is 4.98 Å². The molecule has 88 valence electrons. The first-order chi connectivity index (χ1) is 7.65. The first-order valence-electron chi connectivity index (χ1n) is 5.65. The van der Waals surface area contributed by atoms with Gasteiger partial charge in [0.05, 0.1) is 11.6 Å². The Morgan fingerprint density at radius 1 is 1.75 bits per heavy atom. The molecule has 1 aromatic heterocycles. The van der Waals surface area contributed by atoms with Gasteiger partial charge >= 0.3 is 0 Å². The van der Waals surface area contributed by atoms with Crippen molar-refractivity contribution >= 4 is 17.2 Å². The van der Waals surface area contributed by atoms with E-state index in [4.69, 9.17) is 5.73 Å². The summed E-state index contributed by atoms with van der Waals surface area (Å²) in [6, 6.07) is 0.00789. The molecule has 3 N–H and O–H groups in total. The summed E-state index contributed by atoms with van der Waals surface area (Å²) in [4.78, 5) is 16.2. The molecule has 1 saturated carbocycles. The van der Waals surface area contributed by atoms with Gasteiger partial charge in [0.1, 0.15) is 5.01 Å². The maximum atomic E-state index is 12.0. The topological polar surface area (TPSA) is 68.0 Å². The molecular formula is C11H17N3OS. The number of hydrogen-bond acceptors (Lipinski definition) is 4. The van der Waals surface area contributed by atoms with Gasteiger partial charge in [-0.1, -0.05) is 6.92 Å². The van der Waals surface area contributed by atoms with Gasteiger partial charge in [0.25, 0.3) is 0 Å². The van der Waals surface area contributed by atoms with Crippen molar-refractivity contribution in [2.45, 2.75) is 44.2 Å². The van der Waals surface area contributed by atoms with Crippen LogP contribution in [0.25, 0.3) is 0 Å². The van der Waals surface area contributed by atoms with Crippen molar-refractivity contribution in [3.63, 3.8) is 0 Å². The molecule has 4 nitrogen and oxygen atoms in total. The Bertz CT molecular complexity index is 359. The Balaban J connectivity index is 1.99. The van der Waals surface area contributed by atoms with Crippen molar-refractivity contribution in [1.82, 2.24) is 10.3 Å². The van der Waals surface area contributed by atoms with Crippen molar-refractivity contribution in [1.29, 1.82) is 0 Å². The van der Waals surface area contributed by atoms with E-state index < -0.39 is 5.54 Å². The molecule has 1 unspecified atom stereocenters.